The minimum Gasteiger partial charge on any atom is -0.463 e. The highest BCUT2D eigenvalue weighted by molar-refractivity contribution is 7.47. The van der Waals surface area contributed by atoms with Gasteiger partial charge in [-0.15, -0.1) is 0 Å². The SMILES string of the molecule is CC/C=C\C/C=C\C/C=C\C/C=C\C/C=C\CCCCCC(=O)OCC(COP(=O)(O)OCC(O)COP(=O)(O)OCC(O)COC(=O)CCCCCCCCCCCCC/C=C\C/C=C\C/C=C\C/C=C\CCCCC)OC(=O)CCCCCCCC/C=C\C/C=C\C/C=C\C/C=C\CC. The molecule has 0 heterocycles. The van der Waals surface area contributed by atoms with E-state index in [2.05, 4.69) is 179 Å². The van der Waals surface area contributed by atoms with Crippen LogP contribution in [0, 0.1) is 0 Å². The molecule has 0 aliphatic carbocycles. The second-order valence-electron chi connectivity index (χ2n) is 25.4. The first-order valence-electron chi connectivity index (χ1n) is 38.8. The Morgan fingerprint density at radius 3 is 0.842 bits per heavy atom. The molecule has 0 spiro atoms. The Bertz CT molecular complexity index is 2470. The van der Waals surface area contributed by atoms with Crippen LogP contribution in [0.5, 0.6) is 0 Å². The average Bonchev–Trinajstić information content (AvgIpc) is 1.17. The van der Waals surface area contributed by atoms with Crippen molar-refractivity contribution in [2.45, 2.75) is 309 Å². The average molecular weight is 1450 g/mol. The Balaban J connectivity index is 4.65. The number of aliphatic hydroxyl groups excluding tert-OH is 2. The van der Waals surface area contributed by atoms with E-state index in [9.17, 15) is 43.5 Å². The van der Waals surface area contributed by atoms with Gasteiger partial charge in [0.15, 0.2) is 6.10 Å². The summed E-state index contributed by atoms with van der Waals surface area (Å²) in [5, 5.41) is 20.6. The van der Waals surface area contributed by atoms with Crippen molar-refractivity contribution >= 4 is 33.6 Å². The Hall–Kier alpha value is -4.83. The minimum absolute atomic E-state index is 0.0749. The maximum absolute atomic E-state index is 13.0. The van der Waals surface area contributed by atoms with Gasteiger partial charge < -0.3 is 34.2 Å². The van der Waals surface area contributed by atoms with Crippen molar-refractivity contribution in [1.82, 2.24) is 0 Å². The topological polar surface area (TPSA) is 231 Å². The van der Waals surface area contributed by atoms with Gasteiger partial charge in [0.25, 0.3) is 0 Å². The van der Waals surface area contributed by atoms with Crippen molar-refractivity contribution in [3.05, 3.63) is 158 Å². The van der Waals surface area contributed by atoms with Crippen molar-refractivity contribution in [1.29, 1.82) is 0 Å². The zero-order valence-electron chi connectivity index (χ0n) is 62.8. The van der Waals surface area contributed by atoms with Gasteiger partial charge in [-0.3, -0.25) is 32.5 Å². The third-order valence-corrected chi connectivity index (χ3v) is 17.6. The molecule has 5 atom stereocenters. The van der Waals surface area contributed by atoms with E-state index in [-0.39, 0.29) is 19.3 Å². The van der Waals surface area contributed by atoms with Crippen LogP contribution in [0.15, 0.2) is 158 Å². The first kappa shape index (κ1) is 96.2. The van der Waals surface area contributed by atoms with Gasteiger partial charge in [0.1, 0.15) is 25.4 Å². The maximum Gasteiger partial charge on any atom is 0.472 e. The molecular weight excluding hydrogens is 1310 g/mol. The number of rotatable bonds is 72. The predicted octanol–water partition coefficient (Wildman–Crippen LogP) is 22.6. The summed E-state index contributed by atoms with van der Waals surface area (Å²) in [4.78, 5) is 58.6. The number of phosphoric acid groups is 2. The van der Waals surface area contributed by atoms with Gasteiger partial charge >= 0.3 is 33.6 Å². The van der Waals surface area contributed by atoms with Crippen LogP contribution in [0.3, 0.4) is 0 Å². The summed E-state index contributed by atoms with van der Waals surface area (Å²) in [6, 6.07) is 0. The van der Waals surface area contributed by atoms with E-state index in [1.54, 1.807) is 0 Å². The second kappa shape index (κ2) is 74.9. The predicted molar refractivity (Wildman–Crippen MR) is 417 cm³/mol. The van der Waals surface area contributed by atoms with Gasteiger partial charge in [0.2, 0.25) is 0 Å². The van der Waals surface area contributed by atoms with Crippen molar-refractivity contribution in [3.8, 4) is 0 Å². The lowest BCUT2D eigenvalue weighted by Crippen LogP contribution is -2.30. The number of hydrogen-bond donors (Lipinski definition) is 4. The normalized spacial score (nSPS) is 14.9. The van der Waals surface area contributed by atoms with E-state index in [1.165, 1.54) is 70.6 Å². The zero-order chi connectivity index (χ0) is 73.7. The van der Waals surface area contributed by atoms with Crippen LogP contribution in [0.4, 0.5) is 0 Å². The molecule has 0 aromatic heterocycles. The Kier molecular flexibility index (Phi) is 71.3. The van der Waals surface area contributed by atoms with Crippen LogP contribution in [-0.2, 0) is 55.8 Å². The highest BCUT2D eigenvalue weighted by atomic mass is 31.2. The third kappa shape index (κ3) is 76.1. The number of esters is 3. The second-order valence-corrected chi connectivity index (χ2v) is 28.3. The van der Waals surface area contributed by atoms with Crippen molar-refractivity contribution in [3.63, 3.8) is 0 Å². The molecule has 16 nitrogen and oxygen atoms in total. The van der Waals surface area contributed by atoms with E-state index in [4.69, 9.17) is 32.3 Å². The van der Waals surface area contributed by atoms with E-state index in [0.29, 0.717) is 19.3 Å². The van der Waals surface area contributed by atoms with Crippen molar-refractivity contribution in [2.75, 3.05) is 39.6 Å². The van der Waals surface area contributed by atoms with Crippen molar-refractivity contribution < 1.29 is 75.8 Å². The highest BCUT2D eigenvalue weighted by Gasteiger charge is 2.29. The smallest absolute Gasteiger partial charge is 0.463 e. The van der Waals surface area contributed by atoms with Crippen LogP contribution >= 0.6 is 15.6 Å². The first-order valence-corrected chi connectivity index (χ1v) is 41.8. The van der Waals surface area contributed by atoms with Crippen molar-refractivity contribution in [2.24, 2.45) is 0 Å². The van der Waals surface area contributed by atoms with Crippen LogP contribution in [-0.4, -0.2) is 95.9 Å². The first-order chi connectivity index (χ1) is 49.2. The number of carbonyl (C=O) groups excluding carboxylic acids is 3. The Morgan fingerprint density at radius 2 is 0.525 bits per heavy atom. The summed E-state index contributed by atoms with van der Waals surface area (Å²) < 4.78 is 61.1. The van der Waals surface area contributed by atoms with Gasteiger partial charge in [-0.1, -0.05) is 281 Å². The number of allylic oxidation sites excluding steroid dienone is 26. The monoisotopic (exact) mass is 1450 g/mol. The number of aliphatic hydroxyl groups is 2. The summed E-state index contributed by atoms with van der Waals surface area (Å²) in [6.45, 7) is 2.36. The molecule has 0 radical (unpaired) electrons. The Labute approximate surface area is 612 Å². The molecule has 576 valence electrons. The van der Waals surface area contributed by atoms with E-state index in [1.807, 2.05) is 0 Å². The lowest BCUT2D eigenvalue weighted by atomic mass is 10.0. The Morgan fingerprint density at radius 1 is 0.287 bits per heavy atom. The minimum atomic E-state index is -4.95. The van der Waals surface area contributed by atoms with Crippen LogP contribution < -0.4 is 0 Å². The summed E-state index contributed by atoms with van der Waals surface area (Å²) in [7, 11) is -9.82. The summed E-state index contributed by atoms with van der Waals surface area (Å²) in [5.41, 5.74) is 0. The zero-order valence-corrected chi connectivity index (χ0v) is 64.6. The van der Waals surface area contributed by atoms with Crippen LogP contribution in [0.2, 0.25) is 0 Å². The number of phosphoric ester groups is 2. The molecule has 0 aliphatic heterocycles. The summed E-state index contributed by atoms with van der Waals surface area (Å²) >= 11 is 0. The summed E-state index contributed by atoms with van der Waals surface area (Å²) in [5.74, 6) is -1.64. The molecule has 0 aromatic rings. The van der Waals surface area contributed by atoms with Gasteiger partial charge in [0.05, 0.1) is 26.4 Å². The molecule has 0 saturated heterocycles. The number of unbranched alkanes of at least 4 members (excludes halogenated alkanes) is 23. The fourth-order valence-electron chi connectivity index (χ4n) is 9.87. The standard InChI is InChI=1S/C83H138O16P2/c1-4-7-10-13-16-19-22-25-28-31-34-35-36-37-38-39-40-41-44-46-48-51-54-57-60-63-66-69-81(86)93-72-78(84)73-95-100(89,90)96-74-79(85)75-97-101(91,92)98-77-80(99-83(88)71-68-65-62-59-56-53-50-47-43-33-30-27-24-21-18-15-12-9-6-3)76-94-82(87)70-67-64-61-58-55-52-49-45-42-32-29-26-23-20-17-14-11-8-5-2/h8-9,11-12,16-21,25-30,34-35,37-38,42-43,45,47,52,55,78-80,84-85H,4-7,10,13-15,22-24,31-33,36,39-41,44,46,48-51,53-54,56-77H2,1-3H3,(H,89,90)(H,91,92)/b11-8-,12-9-,19-16-,20-17-,21-18-,28-25-,29-26-,30-27-,35-34-,38-37-,45-42-,47-43-,55-52-. The molecule has 101 heavy (non-hydrogen) atoms. The van der Waals surface area contributed by atoms with E-state index >= 15 is 0 Å². The largest absolute Gasteiger partial charge is 0.472 e. The molecule has 0 aromatic carbocycles. The number of hydrogen-bond acceptors (Lipinski definition) is 14. The molecule has 0 fully saturated rings. The third-order valence-electron chi connectivity index (χ3n) is 15.7. The molecule has 0 rings (SSSR count). The molecule has 0 bridgehead atoms. The van der Waals surface area contributed by atoms with Gasteiger partial charge in [-0.05, 0) is 148 Å². The highest BCUT2D eigenvalue weighted by Crippen LogP contribution is 2.45. The fourth-order valence-corrected chi connectivity index (χ4v) is 11.5. The lowest BCUT2D eigenvalue weighted by Gasteiger charge is -2.21. The molecule has 0 aliphatic rings. The van der Waals surface area contributed by atoms with Gasteiger partial charge in [-0.2, -0.15) is 0 Å². The molecule has 0 amide bonds. The molecule has 4 N–H and O–H groups in total. The van der Waals surface area contributed by atoms with Crippen LogP contribution in [0.1, 0.15) is 290 Å². The lowest BCUT2D eigenvalue weighted by molar-refractivity contribution is -0.161. The molecule has 5 unspecified atom stereocenters. The quantitative estimate of drug-likeness (QED) is 0.0146. The molecule has 18 heteroatoms. The number of carbonyl (C=O) groups is 3. The number of ether oxygens (including phenoxy) is 3. The van der Waals surface area contributed by atoms with Gasteiger partial charge in [-0.25, -0.2) is 9.13 Å². The maximum atomic E-state index is 13.0. The fraction of sp³-hybridized carbons (Fsp3) is 0.651. The van der Waals surface area contributed by atoms with E-state index in [0.717, 1.165) is 161 Å². The van der Waals surface area contributed by atoms with Crippen LogP contribution in [0.25, 0.3) is 0 Å². The van der Waals surface area contributed by atoms with E-state index < -0.39 is 91.5 Å². The molecule has 0 saturated carbocycles. The summed E-state index contributed by atoms with van der Waals surface area (Å²) in [6.07, 6.45) is 92.8. The molecular formula is C83H138O16P2. The van der Waals surface area contributed by atoms with Gasteiger partial charge in [0, 0.05) is 19.3 Å².